The Morgan fingerprint density at radius 3 is 2.14 bits per heavy atom. The minimum Gasteiger partial charge on any atom is -0.873 e. The van der Waals surface area contributed by atoms with Gasteiger partial charge in [0.25, 0.3) is 0 Å². The summed E-state index contributed by atoms with van der Waals surface area (Å²) in [6.45, 7) is 4.88. The second-order valence-corrected chi connectivity index (χ2v) is 0.966. The predicted octanol–water partition coefficient (Wildman–Crippen LogP) is -2.56. The van der Waals surface area contributed by atoms with Crippen molar-refractivity contribution >= 4 is 0 Å². The van der Waals surface area contributed by atoms with Gasteiger partial charge in [-0.3, -0.25) is 0 Å². The summed E-state index contributed by atoms with van der Waals surface area (Å²) in [4.78, 5) is 0. The van der Waals surface area contributed by atoms with Crippen LogP contribution in [0.1, 0.15) is 6.92 Å². The van der Waals surface area contributed by atoms with Crippen LogP contribution in [0.15, 0.2) is 24.5 Å². The maximum Gasteiger partial charge on any atom is 1.00 e. The van der Waals surface area contributed by atoms with Gasteiger partial charge in [0.15, 0.2) is 0 Å². The summed E-state index contributed by atoms with van der Waals surface area (Å²) < 4.78 is 0. The minimum absolute atomic E-state index is 0. The monoisotopic (exact) mass is 106 g/mol. The van der Waals surface area contributed by atoms with Gasteiger partial charge in [-0.15, -0.1) is 12.3 Å². The second kappa shape index (κ2) is 6.28. The van der Waals surface area contributed by atoms with Gasteiger partial charge < -0.3 is 5.11 Å². The first kappa shape index (κ1) is 10.3. The molecule has 34 valence electrons. The summed E-state index contributed by atoms with van der Waals surface area (Å²) in [6, 6.07) is 0. The van der Waals surface area contributed by atoms with Crippen LogP contribution in [0, 0.1) is 0 Å². The van der Waals surface area contributed by atoms with Crippen LogP contribution < -0.4 is 34.7 Å². The van der Waals surface area contributed by atoms with E-state index >= 15 is 0 Å². The normalized spacial score (nSPS) is 8.14. The quantitative estimate of drug-likeness (QED) is 0.205. The van der Waals surface area contributed by atoms with E-state index in [0.717, 1.165) is 0 Å². The smallest absolute Gasteiger partial charge is 0.873 e. The number of hydrogen-bond acceptors (Lipinski definition) is 1. The van der Waals surface area contributed by atoms with Crippen molar-refractivity contribution in [1.29, 1.82) is 0 Å². The van der Waals surface area contributed by atoms with E-state index in [1.54, 1.807) is 13.0 Å². The van der Waals surface area contributed by atoms with Crippen LogP contribution in [0.4, 0.5) is 0 Å². The van der Waals surface area contributed by atoms with Gasteiger partial charge >= 0.3 is 29.6 Å². The topological polar surface area (TPSA) is 23.1 Å². The van der Waals surface area contributed by atoms with E-state index in [2.05, 4.69) is 6.58 Å². The van der Waals surface area contributed by atoms with Gasteiger partial charge in [-0.05, 0) is 6.92 Å². The summed E-state index contributed by atoms with van der Waals surface area (Å²) in [5.74, 6) is -0.141. The molecular weight excluding hydrogens is 99.0 g/mol. The molecule has 0 amide bonds. The number of allylic oxidation sites excluding steroid dienone is 2. The molecule has 0 fully saturated rings. The Kier molecular flexibility index (Phi) is 9.24. The summed E-state index contributed by atoms with van der Waals surface area (Å²) in [6.07, 6.45) is 3.08. The molecular formula is C5H7NaO. The van der Waals surface area contributed by atoms with E-state index in [-0.39, 0.29) is 35.3 Å². The molecule has 0 saturated carbocycles. The summed E-state index contributed by atoms with van der Waals surface area (Å²) in [5, 5.41) is 9.85. The SMILES string of the molecule is C=C([O-])C=CC.[Na+]. The predicted molar refractivity (Wildman–Crippen MR) is 24.0 cm³/mol. The van der Waals surface area contributed by atoms with Gasteiger partial charge in [0, 0.05) is 0 Å². The molecule has 7 heavy (non-hydrogen) atoms. The molecule has 0 saturated heterocycles. The third-order valence-corrected chi connectivity index (χ3v) is 0.353. The second-order valence-electron chi connectivity index (χ2n) is 0.966. The van der Waals surface area contributed by atoms with E-state index in [1.807, 2.05) is 0 Å². The number of hydrogen-bond donors (Lipinski definition) is 0. The molecule has 0 radical (unpaired) electrons. The van der Waals surface area contributed by atoms with E-state index in [0.29, 0.717) is 0 Å². The Morgan fingerprint density at radius 2 is 2.14 bits per heavy atom. The Morgan fingerprint density at radius 1 is 1.71 bits per heavy atom. The zero-order chi connectivity index (χ0) is 4.99. The maximum atomic E-state index is 9.85. The van der Waals surface area contributed by atoms with Crippen LogP contribution in [-0.4, -0.2) is 0 Å². The number of rotatable bonds is 1. The summed E-state index contributed by atoms with van der Waals surface area (Å²) >= 11 is 0. The van der Waals surface area contributed by atoms with E-state index in [1.165, 1.54) is 6.08 Å². The van der Waals surface area contributed by atoms with Gasteiger partial charge in [-0.1, -0.05) is 12.2 Å². The average Bonchev–Trinajstić information content (AvgIpc) is 1.35. The average molecular weight is 106 g/mol. The van der Waals surface area contributed by atoms with Crippen molar-refractivity contribution in [2.24, 2.45) is 0 Å². The van der Waals surface area contributed by atoms with Crippen molar-refractivity contribution in [2.75, 3.05) is 0 Å². The molecule has 0 aliphatic carbocycles. The first-order chi connectivity index (χ1) is 2.77. The largest absolute Gasteiger partial charge is 1.00 e. The first-order valence-corrected chi connectivity index (χ1v) is 1.76. The molecule has 0 N–H and O–H groups in total. The molecule has 0 aliphatic rings. The maximum absolute atomic E-state index is 9.85. The Bertz CT molecular complexity index is 76.1. The van der Waals surface area contributed by atoms with Crippen LogP contribution >= 0.6 is 0 Å². The molecule has 0 bridgehead atoms. The third kappa shape index (κ3) is 10.7. The molecule has 0 unspecified atom stereocenters. The standard InChI is InChI=1S/C5H8O.Na/c1-3-4-5(2)6;/h3-4,6H,2H2,1H3;/q;+1/p-1. The van der Waals surface area contributed by atoms with Crippen molar-refractivity contribution in [1.82, 2.24) is 0 Å². The van der Waals surface area contributed by atoms with Crippen molar-refractivity contribution in [3.8, 4) is 0 Å². The third-order valence-electron chi connectivity index (χ3n) is 0.353. The molecule has 2 heteroatoms. The summed E-state index contributed by atoms with van der Waals surface area (Å²) in [5.41, 5.74) is 0. The zero-order valence-corrected chi connectivity index (χ0v) is 6.77. The molecule has 0 rings (SSSR count). The van der Waals surface area contributed by atoms with Gasteiger partial charge in [-0.25, -0.2) is 0 Å². The Labute approximate surface area is 66.0 Å². The van der Waals surface area contributed by atoms with E-state index < -0.39 is 0 Å². The Hall–Kier alpha value is 0.280. The molecule has 0 atom stereocenters. The molecule has 0 aliphatic heterocycles. The van der Waals surface area contributed by atoms with Crippen LogP contribution in [-0.2, 0) is 0 Å². The Balaban J connectivity index is 0. The van der Waals surface area contributed by atoms with Gasteiger partial charge in [-0.2, -0.15) is 0 Å². The van der Waals surface area contributed by atoms with Crippen molar-refractivity contribution in [3.63, 3.8) is 0 Å². The van der Waals surface area contributed by atoms with E-state index in [4.69, 9.17) is 0 Å². The van der Waals surface area contributed by atoms with E-state index in [9.17, 15) is 5.11 Å². The van der Waals surface area contributed by atoms with Crippen LogP contribution in [0.3, 0.4) is 0 Å². The van der Waals surface area contributed by atoms with Crippen LogP contribution in [0.2, 0.25) is 0 Å². The molecule has 0 spiro atoms. The molecule has 0 aromatic carbocycles. The van der Waals surface area contributed by atoms with Gasteiger partial charge in [0.1, 0.15) is 0 Å². The fraction of sp³-hybridized carbons (Fsp3) is 0.200. The van der Waals surface area contributed by atoms with Gasteiger partial charge in [0.05, 0.1) is 0 Å². The first-order valence-electron chi connectivity index (χ1n) is 1.76. The van der Waals surface area contributed by atoms with Crippen LogP contribution in [0.25, 0.3) is 0 Å². The minimum atomic E-state index is -0.141. The fourth-order valence-corrected chi connectivity index (χ4v) is 0.186. The zero-order valence-electron chi connectivity index (χ0n) is 4.77. The molecule has 0 aromatic rings. The summed E-state index contributed by atoms with van der Waals surface area (Å²) in [7, 11) is 0. The molecule has 0 heterocycles. The van der Waals surface area contributed by atoms with Crippen LogP contribution in [0.5, 0.6) is 0 Å². The van der Waals surface area contributed by atoms with Crippen molar-refractivity contribution in [2.45, 2.75) is 6.92 Å². The fourth-order valence-electron chi connectivity index (χ4n) is 0.186. The van der Waals surface area contributed by atoms with Crippen molar-refractivity contribution < 1.29 is 34.7 Å². The van der Waals surface area contributed by atoms with Crippen molar-refractivity contribution in [3.05, 3.63) is 24.5 Å². The molecule has 0 aromatic heterocycles. The van der Waals surface area contributed by atoms with Gasteiger partial charge in [0.2, 0.25) is 0 Å². The molecule has 1 nitrogen and oxygen atoms in total.